The fourth-order valence-corrected chi connectivity index (χ4v) is 4.57. The van der Waals surface area contributed by atoms with E-state index in [2.05, 4.69) is 15.3 Å². The van der Waals surface area contributed by atoms with E-state index in [9.17, 15) is 23.3 Å². The number of hydrogen-bond donors (Lipinski definition) is 1. The van der Waals surface area contributed by atoms with Crippen molar-refractivity contribution in [1.82, 2.24) is 14.8 Å². The number of amides is 1. The van der Waals surface area contributed by atoms with Gasteiger partial charge in [-0.2, -0.15) is 4.31 Å². The number of nitro benzene ring substituents is 1. The molecule has 0 saturated carbocycles. The lowest BCUT2D eigenvalue weighted by Gasteiger charge is -2.32. The van der Waals surface area contributed by atoms with Crippen LogP contribution >= 0.6 is 0 Å². The minimum absolute atomic E-state index is 0.154. The molecule has 29 heavy (non-hydrogen) atoms. The van der Waals surface area contributed by atoms with Gasteiger partial charge in [-0.3, -0.25) is 24.7 Å². The summed E-state index contributed by atoms with van der Waals surface area (Å²) in [7, 11) is -3.03. The lowest BCUT2D eigenvalue weighted by Crippen LogP contribution is -2.51. The third kappa shape index (κ3) is 5.34. The molecule has 1 amide bonds. The highest BCUT2D eigenvalue weighted by Gasteiger charge is 2.38. The predicted octanol–water partition coefficient (Wildman–Crippen LogP) is 1.88. The average Bonchev–Trinajstić information content (AvgIpc) is 2.68. The van der Waals surface area contributed by atoms with E-state index in [-0.39, 0.29) is 17.1 Å². The quantitative estimate of drug-likeness (QED) is 0.482. The summed E-state index contributed by atoms with van der Waals surface area (Å²) < 4.78 is 27.9. The van der Waals surface area contributed by atoms with Crippen LogP contribution in [0.1, 0.15) is 19.4 Å². The summed E-state index contributed by atoms with van der Waals surface area (Å²) in [6.45, 7) is 3.23. The van der Waals surface area contributed by atoms with E-state index in [0.29, 0.717) is 5.56 Å². The molecule has 0 aliphatic rings. The molecule has 1 aromatic carbocycles. The normalized spacial score (nSPS) is 12.7. The molecule has 0 aliphatic heterocycles. The zero-order valence-corrected chi connectivity index (χ0v) is 17.0. The Hall–Kier alpha value is -2.89. The average molecular weight is 422 g/mol. The predicted molar refractivity (Wildman–Crippen MR) is 104 cm³/mol. The molecule has 0 saturated heterocycles. The van der Waals surface area contributed by atoms with Gasteiger partial charge in [-0.05, 0) is 23.6 Å². The number of nitrogens with one attached hydrogen (secondary N) is 1. The fourth-order valence-electron chi connectivity index (χ4n) is 2.82. The summed E-state index contributed by atoms with van der Waals surface area (Å²) in [6, 6.07) is 6.90. The third-order valence-corrected chi connectivity index (χ3v) is 5.93. The van der Waals surface area contributed by atoms with Crippen molar-refractivity contribution in [2.75, 3.05) is 7.11 Å². The SMILES string of the molecule is CONC(=O)[C@@H](C(C)C)N(Cc1cccnc1)S(=O)(=O)c1cccc([N+](=O)[O-])c1. The largest absolute Gasteiger partial charge is 0.277 e. The zero-order valence-electron chi connectivity index (χ0n) is 16.2. The molecule has 0 radical (unpaired) electrons. The first-order chi connectivity index (χ1) is 13.7. The first-order valence-electron chi connectivity index (χ1n) is 8.66. The maximum atomic E-state index is 13.4. The second-order valence-electron chi connectivity index (χ2n) is 6.53. The molecule has 0 fully saturated rings. The Morgan fingerprint density at radius 3 is 2.59 bits per heavy atom. The molecule has 1 aromatic heterocycles. The first-order valence-corrected chi connectivity index (χ1v) is 10.1. The number of nitrogens with zero attached hydrogens (tertiary/aromatic N) is 3. The van der Waals surface area contributed by atoms with E-state index >= 15 is 0 Å². The number of hydroxylamine groups is 1. The fraction of sp³-hybridized carbons (Fsp3) is 0.333. The molecule has 10 nitrogen and oxygen atoms in total. The van der Waals surface area contributed by atoms with Gasteiger partial charge in [-0.1, -0.05) is 26.0 Å². The van der Waals surface area contributed by atoms with Gasteiger partial charge < -0.3 is 0 Å². The number of pyridine rings is 1. The van der Waals surface area contributed by atoms with Gasteiger partial charge in [0.2, 0.25) is 10.0 Å². The van der Waals surface area contributed by atoms with E-state index in [1.165, 1.54) is 31.5 Å². The van der Waals surface area contributed by atoms with Crippen molar-refractivity contribution in [2.24, 2.45) is 5.92 Å². The van der Waals surface area contributed by atoms with Crippen LogP contribution in [0.4, 0.5) is 5.69 Å². The molecule has 1 heterocycles. The lowest BCUT2D eigenvalue weighted by atomic mass is 10.0. The maximum absolute atomic E-state index is 13.4. The van der Waals surface area contributed by atoms with Crippen molar-refractivity contribution in [1.29, 1.82) is 0 Å². The monoisotopic (exact) mass is 422 g/mol. The Balaban J connectivity index is 2.59. The van der Waals surface area contributed by atoms with Crippen molar-refractivity contribution in [3.05, 3.63) is 64.5 Å². The minimum atomic E-state index is -4.28. The first kappa shape index (κ1) is 22.4. The van der Waals surface area contributed by atoms with Crippen LogP contribution in [0.3, 0.4) is 0 Å². The zero-order chi connectivity index (χ0) is 21.6. The van der Waals surface area contributed by atoms with E-state index in [1.54, 1.807) is 32.2 Å². The van der Waals surface area contributed by atoms with Crippen molar-refractivity contribution < 1.29 is 23.0 Å². The van der Waals surface area contributed by atoms with E-state index < -0.39 is 32.8 Å². The van der Waals surface area contributed by atoms with Crippen molar-refractivity contribution in [2.45, 2.75) is 31.3 Å². The van der Waals surface area contributed by atoms with Crippen molar-refractivity contribution in [3.63, 3.8) is 0 Å². The van der Waals surface area contributed by atoms with Gasteiger partial charge in [0.05, 0.1) is 16.9 Å². The molecule has 0 bridgehead atoms. The summed E-state index contributed by atoms with van der Waals surface area (Å²) >= 11 is 0. The topological polar surface area (TPSA) is 132 Å². The number of non-ortho nitro benzene ring substituents is 1. The van der Waals surface area contributed by atoms with Crippen LogP contribution in [0.5, 0.6) is 0 Å². The number of carbonyl (C=O) groups is 1. The van der Waals surface area contributed by atoms with E-state index in [0.717, 1.165) is 10.4 Å². The number of sulfonamides is 1. The van der Waals surface area contributed by atoms with E-state index in [4.69, 9.17) is 0 Å². The van der Waals surface area contributed by atoms with E-state index in [1.807, 2.05) is 0 Å². The van der Waals surface area contributed by atoms with Gasteiger partial charge in [-0.15, -0.1) is 0 Å². The number of hydrogen-bond acceptors (Lipinski definition) is 7. The highest BCUT2D eigenvalue weighted by Crippen LogP contribution is 2.27. The van der Waals surface area contributed by atoms with Crippen LogP contribution in [-0.2, 0) is 26.2 Å². The summed E-state index contributed by atoms with van der Waals surface area (Å²) in [5.74, 6) is -1.07. The van der Waals surface area contributed by atoms with Gasteiger partial charge in [0, 0.05) is 31.1 Å². The van der Waals surface area contributed by atoms with Gasteiger partial charge in [0.15, 0.2) is 0 Å². The molecule has 1 N–H and O–H groups in total. The number of rotatable bonds is 9. The lowest BCUT2D eigenvalue weighted by molar-refractivity contribution is -0.385. The summed E-state index contributed by atoms with van der Waals surface area (Å²) in [5, 5.41) is 11.1. The Bertz CT molecular complexity index is 965. The molecule has 11 heteroatoms. The van der Waals surface area contributed by atoms with Gasteiger partial charge >= 0.3 is 0 Å². The highest BCUT2D eigenvalue weighted by molar-refractivity contribution is 7.89. The number of aromatic nitrogens is 1. The van der Waals surface area contributed by atoms with Crippen molar-refractivity contribution in [3.8, 4) is 0 Å². The Morgan fingerprint density at radius 2 is 2.03 bits per heavy atom. The smallest absolute Gasteiger partial charge is 0.270 e. The number of benzene rings is 1. The minimum Gasteiger partial charge on any atom is -0.277 e. The molecule has 2 aromatic rings. The second-order valence-corrected chi connectivity index (χ2v) is 8.42. The summed E-state index contributed by atoms with van der Waals surface area (Å²) in [6.07, 6.45) is 3.03. The van der Waals surface area contributed by atoms with Crippen LogP contribution in [0, 0.1) is 16.0 Å². The molecule has 156 valence electrons. The van der Waals surface area contributed by atoms with Crippen LogP contribution in [0.25, 0.3) is 0 Å². The second kappa shape index (κ2) is 9.54. The summed E-state index contributed by atoms with van der Waals surface area (Å²) in [4.78, 5) is 31.4. The number of carbonyl (C=O) groups excluding carboxylic acids is 1. The standard InChI is InChI=1S/C18H22N4O6S/c1-13(2)17(18(23)20-28-3)21(12-14-6-5-9-19-11-14)29(26,27)16-8-4-7-15(10-16)22(24)25/h4-11,13,17H,12H2,1-3H3,(H,20,23)/t17-/m1/s1. The molecular weight excluding hydrogens is 400 g/mol. The molecular formula is C18H22N4O6S. The van der Waals surface area contributed by atoms with Crippen LogP contribution < -0.4 is 5.48 Å². The Morgan fingerprint density at radius 1 is 1.31 bits per heavy atom. The van der Waals surface area contributed by atoms with Crippen LogP contribution in [0.2, 0.25) is 0 Å². The van der Waals surface area contributed by atoms with Crippen molar-refractivity contribution >= 4 is 21.6 Å². The van der Waals surface area contributed by atoms with Crippen LogP contribution in [0.15, 0.2) is 53.7 Å². The summed E-state index contributed by atoms with van der Waals surface area (Å²) in [5.41, 5.74) is 2.36. The molecule has 1 atom stereocenters. The molecule has 2 rings (SSSR count). The highest BCUT2D eigenvalue weighted by atomic mass is 32.2. The molecule has 0 aliphatic carbocycles. The third-order valence-electron chi connectivity index (χ3n) is 4.11. The van der Waals surface area contributed by atoms with Gasteiger partial charge in [-0.25, -0.2) is 13.9 Å². The van der Waals surface area contributed by atoms with Gasteiger partial charge in [0.25, 0.3) is 11.6 Å². The number of nitro groups is 1. The maximum Gasteiger partial charge on any atom is 0.270 e. The van der Waals surface area contributed by atoms with Crippen LogP contribution in [-0.4, -0.2) is 41.7 Å². The molecule has 0 unspecified atom stereocenters. The van der Waals surface area contributed by atoms with Gasteiger partial charge in [0.1, 0.15) is 6.04 Å². The Labute approximate surface area is 168 Å². The Kier molecular flexibility index (Phi) is 7.37. The molecule has 0 spiro atoms.